The highest BCUT2D eigenvalue weighted by atomic mass is 35.5. The fraction of sp³-hybridized carbons (Fsp3) is 0.300. The SMILES string of the molecule is CONC(=O)COc1ccc(Cl)cc1C. The number of carbonyl (C=O) groups is 1. The van der Waals surface area contributed by atoms with Crippen molar-refractivity contribution in [3.63, 3.8) is 0 Å². The van der Waals surface area contributed by atoms with E-state index in [1.807, 2.05) is 6.92 Å². The van der Waals surface area contributed by atoms with Crippen LogP contribution in [-0.4, -0.2) is 19.6 Å². The Hall–Kier alpha value is -1.26. The molecule has 5 heteroatoms. The molecule has 0 fully saturated rings. The minimum atomic E-state index is -0.341. The lowest BCUT2D eigenvalue weighted by Crippen LogP contribution is -2.27. The van der Waals surface area contributed by atoms with Crippen LogP contribution >= 0.6 is 11.6 Å². The van der Waals surface area contributed by atoms with Gasteiger partial charge in [0.25, 0.3) is 5.91 Å². The molecule has 0 saturated carbocycles. The van der Waals surface area contributed by atoms with Crippen molar-refractivity contribution >= 4 is 17.5 Å². The molecule has 0 spiro atoms. The summed E-state index contributed by atoms with van der Waals surface area (Å²) in [5.41, 5.74) is 3.04. The molecule has 0 aliphatic carbocycles. The van der Waals surface area contributed by atoms with E-state index in [0.29, 0.717) is 10.8 Å². The highest BCUT2D eigenvalue weighted by Gasteiger charge is 2.04. The van der Waals surface area contributed by atoms with E-state index in [4.69, 9.17) is 16.3 Å². The van der Waals surface area contributed by atoms with Gasteiger partial charge in [-0.2, -0.15) is 0 Å². The van der Waals surface area contributed by atoms with Crippen molar-refractivity contribution < 1.29 is 14.4 Å². The zero-order valence-corrected chi connectivity index (χ0v) is 9.30. The summed E-state index contributed by atoms with van der Waals surface area (Å²) in [4.78, 5) is 15.4. The quantitative estimate of drug-likeness (QED) is 0.800. The number of amides is 1. The second-order valence-electron chi connectivity index (χ2n) is 2.93. The van der Waals surface area contributed by atoms with Crippen molar-refractivity contribution in [3.8, 4) is 5.75 Å². The van der Waals surface area contributed by atoms with E-state index in [-0.39, 0.29) is 12.5 Å². The lowest BCUT2D eigenvalue weighted by atomic mass is 10.2. The molecule has 0 aliphatic rings. The minimum absolute atomic E-state index is 0.0870. The fourth-order valence-electron chi connectivity index (χ4n) is 1.06. The Morgan fingerprint density at radius 3 is 2.87 bits per heavy atom. The van der Waals surface area contributed by atoms with Crippen LogP contribution in [0.15, 0.2) is 18.2 Å². The Bertz CT molecular complexity index is 355. The van der Waals surface area contributed by atoms with Gasteiger partial charge in [-0.1, -0.05) is 11.6 Å². The second-order valence-corrected chi connectivity index (χ2v) is 3.36. The van der Waals surface area contributed by atoms with Gasteiger partial charge in [0.05, 0.1) is 7.11 Å². The number of ether oxygens (including phenoxy) is 1. The number of benzene rings is 1. The van der Waals surface area contributed by atoms with Gasteiger partial charge in [-0.3, -0.25) is 9.63 Å². The average Bonchev–Trinajstić information content (AvgIpc) is 2.17. The van der Waals surface area contributed by atoms with Gasteiger partial charge in [-0.25, -0.2) is 5.48 Å². The second kappa shape index (κ2) is 5.58. The van der Waals surface area contributed by atoms with Gasteiger partial charge in [-0.15, -0.1) is 0 Å². The molecular weight excluding hydrogens is 218 g/mol. The molecule has 15 heavy (non-hydrogen) atoms. The maximum absolute atomic E-state index is 11.0. The molecule has 1 aromatic carbocycles. The number of hydrogen-bond acceptors (Lipinski definition) is 3. The van der Waals surface area contributed by atoms with Crippen molar-refractivity contribution in [1.29, 1.82) is 0 Å². The van der Waals surface area contributed by atoms with Crippen LogP contribution in [0.4, 0.5) is 0 Å². The van der Waals surface area contributed by atoms with Crippen molar-refractivity contribution in [3.05, 3.63) is 28.8 Å². The van der Waals surface area contributed by atoms with Crippen LogP contribution in [0.3, 0.4) is 0 Å². The average molecular weight is 230 g/mol. The molecule has 0 radical (unpaired) electrons. The maximum atomic E-state index is 11.0. The summed E-state index contributed by atoms with van der Waals surface area (Å²) in [6.07, 6.45) is 0. The predicted molar refractivity (Wildman–Crippen MR) is 56.8 cm³/mol. The third kappa shape index (κ3) is 3.77. The fourth-order valence-corrected chi connectivity index (χ4v) is 1.29. The predicted octanol–water partition coefficient (Wildman–Crippen LogP) is 1.70. The molecule has 0 atom stereocenters. The van der Waals surface area contributed by atoms with Gasteiger partial charge >= 0.3 is 0 Å². The van der Waals surface area contributed by atoms with E-state index < -0.39 is 0 Å². The molecule has 82 valence electrons. The van der Waals surface area contributed by atoms with Crippen LogP contribution in [0, 0.1) is 6.92 Å². The van der Waals surface area contributed by atoms with E-state index in [2.05, 4.69) is 10.3 Å². The lowest BCUT2D eigenvalue weighted by molar-refractivity contribution is -0.133. The van der Waals surface area contributed by atoms with Crippen molar-refractivity contribution in [2.45, 2.75) is 6.92 Å². The number of aryl methyl sites for hydroxylation is 1. The van der Waals surface area contributed by atoms with E-state index in [1.165, 1.54) is 7.11 Å². The first-order valence-corrected chi connectivity index (χ1v) is 4.72. The summed E-state index contributed by atoms with van der Waals surface area (Å²) in [6.45, 7) is 1.77. The summed E-state index contributed by atoms with van der Waals surface area (Å²) in [6, 6.07) is 5.20. The minimum Gasteiger partial charge on any atom is -0.483 e. The number of nitrogens with one attached hydrogen (secondary N) is 1. The summed E-state index contributed by atoms with van der Waals surface area (Å²) in [5, 5.41) is 0.640. The van der Waals surface area contributed by atoms with Crippen LogP contribution in [-0.2, 0) is 9.63 Å². The number of rotatable bonds is 4. The van der Waals surface area contributed by atoms with E-state index in [9.17, 15) is 4.79 Å². The normalized spacial score (nSPS) is 9.80. The Kier molecular flexibility index (Phi) is 4.39. The van der Waals surface area contributed by atoms with Gasteiger partial charge in [0.2, 0.25) is 0 Å². The third-order valence-corrected chi connectivity index (χ3v) is 1.95. The van der Waals surface area contributed by atoms with Crippen LogP contribution in [0.1, 0.15) is 5.56 Å². The van der Waals surface area contributed by atoms with Crippen LogP contribution in [0.2, 0.25) is 5.02 Å². The Morgan fingerprint density at radius 1 is 1.53 bits per heavy atom. The summed E-state index contributed by atoms with van der Waals surface area (Å²) in [7, 11) is 1.37. The Labute approximate surface area is 93.1 Å². The molecule has 0 aliphatic heterocycles. The standard InChI is InChI=1S/C10H12ClNO3/c1-7-5-8(11)3-4-9(7)15-6-10(13)12-14-2/h3-5H,6H2,1-2H3,(H,12,13). The molecule has 0 bridgehead atoms. The molecule has 1 aromatic rings. The molecule has 1 N–H and O–H groups in total. The van der Waals surface area contributed by atoms with Gasteiger partial charge in [0, 0.05) is 5.02 Å². The molecule has 1 rings (SSSR count). The molecule has 0 heterocycles. The summed E-state index contributed by atoms with van der Waals surface area (Å²) >= 11 is 5.77. The van der Waals surface area contributed by atoms with Crippen LogP contribution in [0.25, 0.3) is 0 Å². The van der Waals surface area contributed by atoms with Gasteiger partial charge in [-0.05, 0) is 30.7 Å². The van der Waals surface area contributed by atoms with Gasteiger partial charge < -0.3 is 4.74 Å². The molecular formula is C10H12ClNO3. The first-order chi connectivity index (χ1) is 7.13. The Balaban J connectivity index is 2.54. The molecule has 0 saturated heterocycles. The largest absolute Gasteiger partial charge is 0.483 e. The Morgan fingerprint density at radius 2 is 2.27 bits per heavy atom. The molecule has 0 aromatic heterocycles. The summed E-state index contributed by atoms with van der Waals surface area (Å²) in [5.74, 6) is 0.289. The number of hydrogen-bond donors (Lipinski definition) is 1. The molecule has 0 unspecified atom stereocenters. The first-order valence-electron chi connectivity index (χ1n) is 4.34. The first kappa shape index (κ1) is 11.8. The number of hydroxylamine groups is 1. The van der Waals surface area contributed by atoms with E-state index >= 15 is 0 Å². The molecule has 1 amide bonds. The van der Waals surface area contributed by atoms with E-state index in [0.717, 1.165) is 5.56 Å². The van der Waals surface area contributed by atoms with Crippen LogP contribution < -0.4 is 10.2 Å². The van der Waals surface area contributed by atoms with Crippen molar-refractivity contribution in [2.24, 2.45) is 0 Å². The van der Waals surface area contributed by atoms with Gasteiger partial charge in [0.1, 0.15) is 5.75 Å². The monoisotopic (exact) mass is 229 g/mol. The maximum Gasteiger partial charge on any atom is 0.281 e. The van der Waals surface area contributed by atoms with E-state index in [1.54, 1.807) is 18.2 Å². The zero-order chi connectivity index (χ0) is 11.3. The highest BCUT2D eigenvalue weighted by molar-refractivity contribution is 6.30. The number of carbonyl (C=O) groups excluding carboxylic acids is 1. The third-order valence-electron chi connectivity index (χ3n) is 1.71. The zero-order valence-electron chi connectivity index (χ0n) is 8.54. The van der Waals surface area contributed by atoms with Crippen molar-refractivity contribution in [2.75, 3.05) is 13.7 Å². The van der Waals surface area contributed by atoms with Crippen LogP contribution in [0.5, 0.6) is 5.75 Å². The lowest BCUT2D eigenvalue weighted by Gasteiger charge is -2.08. The smallest absolute Gasteiger partial charge is 0.281 e. The number of halogens is 1. The van der Waals surface area contributed by atoms with Gasteiger partial charge in [0.15, 0.2) is 6.61 Å². The summed E-state index contributed by atoms with van der Waals surface area (Å²) < 4.78 is 5.26. The molecule has 4 nitrogen and oxygen atoms in total. The topological polar surface area (TPSA) is 47.6 Å². The highest BCUT2D eigenvalue weighted by Crippen LogP contribution is 2.21. The van der Waals surface area contributed by atoms with Crippen molar-refractivity contribution in [1.82, 2.24) is 5.48 Å².